The molecule has 2 heteroatoms. The molecule has 1 nitrogen and oxygen atoms in total. The first-order chi connectivity index (χ1) is 9.85. The molecule has 0 aliphatic carbocycles. The predicted molar refractivity (Wildman–Crippen MR) is 92.0 cm³/mol. The van der Waals surface area contributed by atoms with Crippen molar-refractivity contribution in [3.63, 3.8) is 0 Å². The van der Waals surface area contributed by atoms with Crippen LogP contribution < -0.4 is 5.73 Å². The zero-order valence-electron chi connectivity index (χ0n) is 13.3. The van der Waals surface area contributed by atoms with Gasteiger partial charge in [0.25, 0.3) is 0 Å². The van der Waals surface area contributed by atoms with Crippen molar-refractivity contribution in [2.75, 3.05) is 0 Å². The Balaban J connectivity index is 2.27. The number of nitrogens with two attached hydrogens (primary N) is 1. The van der Waals surface area contributed by atoms with E-state index in [0.29, 0.717) is 0 Å². The van der Waals surface area contributed by atoms with Gasteiger partial charge >= 0.3 is 0 Å². The molecule has 2 aromatic rings. The molecular formula is C19H24ClN. The lowest BCUT2D eigenvalue weighted by Gasteiger charge is -2.24. The highest BCUT2D eigenvalue weighted by atomic mass is 35.5. The van der Waals surface area contributed by atoms with Gasteiger partial charge in [0.1, 0.15) is 0 Å². The second-order valence-corrected chi connectivity index (χ2v) is 6.75. The Morgan fingerprint density at radius 3 is 2.14 bits per heavy atom. The molecule has 0 heterocycles. The van der Waals surface area contributed by atoms with E-state index in [9.17, 15) is 0 Å². The van der Waals surface area contributed by atoms with Crippen LogP contribution in [0.3, 0.4) is 0 Å². The van der Waals surface area contributed by atoms with Crippen LogP contribution >= 0.6 is 11.6 Å². The summed E-state index contributed by atoms with van der Waals surface area (Å²) >= 11 is 6.08. The van der Waals surface area contributed by atoms with E-state index in [-0.39, 0.29) is 11.5 Å². The second-order valence-electron chi connectivity index (χ2n) is 6.35. The van der Waals surface area contributed by atoms with Gasteiger partial charge in [0.15, 0.2) is 0 Å². The quantitative estimate of drug-likeness (QED) is 0.805. The van der Waals surface area contributed by atoms with Gasteiger partial charge in [-0.25, -0.2) is 0 Å². The monoisotopic (exact) mass is 301 g/mol. The van der Waals surface area contributed by atoms with Crippen molar-refractivity contribution in [2.45, 2.75) is 45.6 Å². The zero-order chi connectivity index (χ0) is 15.6. The van der Waals surface area contributed by atoms with Crippen LogP contribution in [0.4, 0.5) is 0 Å². The maximum absolute atomic E-state index is 6.38. The lowest BCUT2D eigenvalue weighted by Crippen LogP contribution is -2.16. The number of benzene rings is 2. The predicted octanol–water partition coefficient (Wildman–Crippen LogP) is 5.38. The molecule has 0 radical (unpaired) electrons. The summed E-state index contributed by atoms with van der Waals surface area (Å²) in [5.74, 6) is 0. The van der Waals surface area contributed by atoms with Crippen molar-refractivity contribution in [3.8, 4) is 0 Å². The first kappa shape index (κ1) is 16.1. The van der Waals surface area contributed by atoms with Gasteiger partial charge in [-0.1, -0.05) is 68.8 Å². The minimum absolute atomic E-state index is 0.111. The van der Waals surface area contributed by atoms with Crippen molar-refractivity contribution in [1.29, 1.82) is 0 Å². The Bertz CT molecular complexity index is 614. The van der Waals surface area contributed by atoms with Crippen LogP contribution in [0, 0.1) is 6.92 Å². The van der Waals surface area contributed by atoms with Crippen LogP contribution in [-0.2, 0) is 5.41 Å². The van der Waals surface area contributed by atoms with Crippen molar-refractivity contribution in [1.82, 2.24) is 0 Å². The van der Waals surface area contributed by atoms with Crippen molar-refractivity contribution in [3.05, 3.63) is 69.7 Å². The summed E-state index contributed by atoms with van der Waals surface area (Å²) in [4.78, 5) is 0. The van der Waals surface area contributed by atoms with Crippen LogP contribution in [0.1, 0.15) is 55.5 Å². The molecule has 2 rings (SSSR count). The van der Waals surface area contributed by atoms with E-state index in [0.717, 1.165) is 28.1 Å². The molecule has 0 fully saturated rings. The molecule has 0 aliphatic heterocycles. The summed E-state index contributed by atoms with van der Waals surface area (Å²) in [6.07, 6.45) is 1.12. The SMILES string of the molecule is CCC(C)(C)c1ccc(C(N)c2ccc(Cl)c(C)c2)cc1. The number of hydrogen-bond donors (Lipinski definition) is 1. The van der Waals surface area contributed by atoms with E-state index in [1.165, 1.54) is 5.56 Å². The van der Waals surface area contributed by atoms with Gasteiger partial charge in [0.05, 0.1) is 6.04 Å². The first-order valence-corrected chi connectivity index (χ1v) is 7.85. The molecule has 1 unspecified atom stereocenters. The summed E-state index contributed by atoms with van der Waals surface area (Å²) < 4.78 is 0. The van der Waals surface area contributed by atoms with Crippen molar-refractivity contribution >= 4 is 11.6 Å². The molecule has 0 spiro atoms. The number of halogens is 1. The molecule has 0 bridgehead atoms. The number of aryl methyl sites for hydroxylation is 1. The minimum Gasteiger partial charge on any atom is -0.320 e. The van der Waals surface area contributed by atoms with Gasteiger partial charge < -0.3 is 5.73 Å². The fraction of sp³-hybridized carbons (Fsp3) is 0.368. The summed E-state index contributed by atoms with van der Waals surface area (Å²) in [5.41, 5.74) is 11.2. The Kier molecular flexibility index (Phi) is 4.75. The van der Waals surface area contributed by atoms with Crippen LogP contribution in [0.5, 0.6) is 0 Å². The Hall–Kier alpha value is -1.31. The van der Waals surface area contributed by atoms with Crippen molar-refractivity contribution in [2.24, 2.45) is 5.73 Å². The fourth-order valence-electron chi connectivity index (χ4n) is 2.40. The summed E-state index contributed by atoms with van der Waals surface area (Å²) in [5, 5.41) is 0.783. The van der Waals surface area contributed by atoms with Gasteiger partial charge in [-0.2, -0.15) is 0 Å². The third-order valence-electron chi connectivity index (χ3n) is 4.48. The summed E-state index contributed by atoms with van der Waals surface area (Å²) in [6.45, 7) is 8.76. The van der Waals surface area contributed by atoms with Gasteiger partial charge in [-0.3, -0.25) is 0 Å². The molecule has 1 atom stereocenters. The van der Waals surface area contributed by atoms with Crippen molar-refractivity contribution < 1.29 is 0 Å². The number of rotatable bonds is 4. The van der Waals surface area contributed by atoms with Gasteiger partial charge in [0, 0.05) is 5.02 Å². The molecule has 0 aliphatic rings. The molecule has 2 N–H and O–H groups in total. The Morgan fingerprint density at radius 1 is 1.05 bits per heavy atom. The largest absolute Gasteiger partial charge is 0.320 e. The first-order valence-electron chi connectivity index (χ1n) is 7.47. The molecule has 2 aromatic carbocycles. The van der Waals surface area contributed by atoms with E-state index in [1.807, 2.05) is 19.1 Å². The van der Waals surface area contributed by atoms with E-state index in [4.69, 9.17) is 17.3 Å². The molecule has 0 aromatic heterocycles. The van der Waals surface area contributed by atoms with Crippen LogP contribution in [0.15, 0.2) is 42.5 Å². The smallest absolute Gasteiger partial charge is 0.0551 e. The maximum Gasteiger partial charge on any atom is 0.0551 e. The maximum atomic E-state index is 6.38. The average molecular weight is 302 g/mol. The van der Waals surface area contributed by atoms with Gasteiger partial charge in [-0.15, -0.1) is 0 Å². The molecule has 21 heavy (non-hydrogen) atoms. The van der Waals surface area contributed by atoms with E-state index in [1.54, 1.807) is 0 Å². The molecule has 0 saturated heterocycles. The Morgan fingerprint density at radius 2 is 1.62 bits per heavy atom. The Labute approximate surface area is 133 Å². The lowest BCUT2D eigenvalue weighted by atomic mass is 9.81. The number of hydrogen-bond acceptors (Lipinski definition) is 1. The van der Waals surface area contributed by atoms with Gasteiger partial charge in [-0.05, 0) is 47.1 Å². The van der Waals surface area contributed by atoms with Crippen LogP contribution in [-0.4, -0.2) is 0 Å². The van der Waals surface area contributed by atoms with E-state index < -0.39 is 0 Å². The molecular weight excluding hydrogens is 278 g/mol. The lowest BCUT2D eigenvalue weighted by molar-refractivity contribution is 0.506. The van der Waals surface area contributed by atoms with E-state index >= 15 is 0 Å². The average Bonchev–Trinajstić information content (AvgIpc) is 2.49. The summed E-state index contributed by atoms with van der Waals surface area (Å²) in [7, 11) is 0. The minimum atomic E-state index is -0.111. The molecule has 112 valence electrons. The van der Waals surface area contributed by atoms with Crippen LogP contribution in [0.25, 0.3) is 0 Å². The highest BCUT2D eigenvalue weighted by Gasteiger charge is 2.18. The standard InChI is InChI=1S/C19H24ClN/c1-5-19(3,4)16-9-6-14(7-10-16)18(21)15-8-11-17(20)13(2)12-15/h6-12,18H,5,21H2,1-4H3. The van der Waals surface area contributed by atoms with Gasteiger partial charge in [0.2, 0.25) is 0 Å². The molecule has 0 amide bonds. The zero-order valence-corrected chi connectivity index (χ0v) is 14.0. The third-order valence-corrected chi connectivity index (χ3v) is 4.90. The third kappa shape index (κ3) is 3.48. The molecule has 0 saturated carbocycles. The second kappa shape index (κ2) is 6.21. The van der Waals surface area contributed by atoms with Crippen LogP contribution in [0.2, 0.25) is 5.02 Å². The topological polar surface area (TPSA) is 26.0 Å². The normalized spacial score (nSPS) is 13.2. The highest BCUT2D eigenvalue weighted by molar-refractivity contribution is 6.31. The fourth-order valence-corrected chi connectivity index (χ4v) is 2.52. The summed E-state index contributed by atoms with van der Waals surface area (Å²) in [6, 6.07) is 14.5. The highest BCUT2D eigenvalue weighted by Crippen LogP contribution is 2.29. The van der Waals surface area contributed by atoms with E-state index in [2.05, 4.69) is 51.1 Å².